The zero-order valence-electron chi connectivity index (χ0n) is 10.7. The first-order valence-corrected chi connectivity index (χ1v) is 8.19. The number of alkyl halides is 2. The van der Waals surface area contributed by atoms with Gasteiger partial charge >= 0.3 is 11.9 Å². The first-order chi connectivity index (χ1) is 10.4. The molecule has 0 radical (unpaired) electrons. The third-order valence-electron chi connectivity index (χ3n) is 2.04. The Balaban J connectivity index is 1.86. The van der Waals surface area contributed by atoms with Gasteiger partial charge in [-0.15, -0.1) is 0 Å². The van der Waals surface area contributed by atoms with Crippen molar-refractivity contribution in [3.63, 3.8) is 0 Å². The van der Waals surface area contributed by atoms with Crippen molar-refractivity contribution in [1.82, 2.24) is 0 Å². The number of rotatable bonds is 4. The maximum atomic E-state index is 11.6. The summed E-state index contributed by atoms with van der Waals surface area (Å²) in [5, 5.41) is 3.14. The zero-order chi connectivity index (χ0) is 16.1. The number of aliphatic imine (C=N–C) groups is 2. The third kappa shape index (κ3) is 5.20. The molecule has 6 nitrogen and oxygen atoms in total. The Kier molecular flexibility index (Phi) is 5.74. The van der Waals surface area contributed by atoms with Crippen molar-refractivity contribution in [2.24, 2.45) is 9.98 Å². The van der Waals surface area contributed by atoms with Gasteiger partial charge in [0.25, 0.3) is 8.78 Å². The lowest BCUT2D eigenvalue weighted by molar-refractivity contribution is -0.141. The smallest absolute Gasteiger partial charge is 0.333 e. The Labute approximate surface area is 144 Å². The lowest BCUT2D eigenvalue weighted by Gasteiger charge is -2.21. The number of hydrogen-bond acceptors (Lipinski definition) is 8. The fraction of sp³-hybridized carbons (Fsp3) is 0.167. The van der Waals surface area contributed by atoms with Crippen LogP contribution in [-0.2, 0) is 19.1 Å². The predicted molar refractivity (Wildman–Crippen MR) is 88.9 cm³/mol. The van der Waals surface area contributed by atoms with E-state index >= 15 is 0 Å². The van der Waals surface area contributed by atoms with Crippen LogP contribution in [-0.4, -0.2) is 33.2 Å². The van der Waals surface area contributed by atoms with E-state index in [0.717, 1.165) is 35.7 Å². The van der Waals surface area contributed by atoms with Crippen LogP contribution in [0.15, 0.2) is 45.4 Å². The van der Waals surface area contributed by atoms with Crippen LogP contribution >= 0.6 is 46.7 Å². The van der Waals surface area contributed by atoms with Crippen molar-refractivity contribution in [3.05, 3.63) is 35.4 Å². The second-order valence-corrected chi connectivity index (χ2v) is 7.50. The molecule has 2 rings (SSSR count). The second kappa shape index (κ2) is 7.36. The normalized spacial score (nSPS) is 29.7. The van der Waals surface area contributed by atoms with Crippen molar-refractivity contribution in [1.29, 1.82) is 0 Å². The molecule has 0 spiro atoms. The van der Waals surface area contributed by atoms with Gasteiger partial charge in [-0.1, -0.05) is 46.7 Å². The van der Waals surface area contributed by atoms with Crippen LogP contribution in [0, 0.1) is 0 Å². The fourth-order valence-corrected chi connectivity index (χ4v) is 2.93. The standard InChI is InChI=1S/C12H8Cl2N2O4S2/c13-11(7-15-3-5-21-11)19-9(17)1-2-10(18)20-12(14)8-16-4-6-22-12/h1-8H/b2-1+. The molecule has 0 fully saturated rings. The fourth-order valence-electron chi connectivity index (χ4n) is 1.22. The van der Waals surface area contributed by atoms with E-state index in [-0.39, 0.29) is 0 Å². The summed E-state index contributed by atoms with van der Waals surface area (Å²) < 4.78 is 7.07. The van der Waals surface area contributed by atoms with Crippen LogP contribution in [0.25, 0.3) is 0 Å². The highest BCUT2D eigenvalue weighted by Crippen LogP contribution is 2.34. The van der Waals surface area contributed by atoms with Crippen LogP contribution in [0.4, 0.5) is 0 Å². The highest BCUT2D eigenvalue weighted by Gasteiger charge is 2.32. The average Bonchev–Trinajstić information content (AvgIpc) is 2.46. The Hall–Kier alpha value is -1.22. The van der Waals surface area contributed by atoms with Crippen LogP contribution in [0.2, 0.25) is 0 Å². The molecule has 0 bridgehead atoms. The van der Waals surface area contributed by atoms with Crippen molar-refractivity contribution >= 4 is 71.1 Å². The number of hydrogen-bond donors (Lipinski definition) is 0. The van der Waals surface area contributed by atoms with E-state index in [9.17, 15) is 9.59 Å². The first kappa shape index (κ1) is 17.1. The van der Waals surface area contributed by atoms with Crippen molar-refractivity contribution in [2.75, 3.05) is 0 Å². The van der Waals surface area contributed by atoms with Gasteiger partial charge in [-0.05, 0) is 10.8 Å². The van der Waals surface area contributed by atoms with Crippen LogP contribution < -0.4 is 0 Å². The van der Waals surface area contributed by atoms with Gasteiger partial charge in [0.15, 0.2) is 0 Å². The van der Waals surface area contributed by atoms with Gasteiger partial charge in [-0.25, -0.2) is 9.59 Å². The van der Waals surface area contributed by atoms with E-state index in [2.05, 4.69) is 9.98 Å². The summed E-state index contributed by atoms with van der Waals surface area (Å²) in [6.45, 7) is 0. The summed E-state index contributed by atoms with van der Waals surface area (Å²) in [6.07, 6.45) is 7.31. The topological polar surface area (TPSA) is 77.3 Å². The molecule has 2 heterocycles. The van der Waals surface area contributed by atoms with Crippen molar-refractivity contribution in [2.45, 2.75) is 8.78 Å². The third-order valence-corrected chi connectivity index (χ3v) is 4.46. The summed E-state index contributed by atoms with van der Waals surface area (Å²) in [5.41, 5.74) is 0. The molecule has 0 N–H and O–H groups in total. The lowest BCUT2D eigenvalue weighted by atomic mass is 10.5. The summed E-state index contributed by atoms with van der Waals surface area (Å²) >= 11 is 14.1. The van der Waals surface area contributed by atoms with E-state index in [4.69, 9.17) is 32.7 Å². The number of ether oxygens (including phenoxy) is 2. The molecule has 0 saturated heterocycles. The minimum atomic E-state index is -1.43. The summed E-state index contributed by atoms with van der Waals surface area (Å²) in [7, 11) is 0. The van der Waals surface area contributed by atoms with Gasteiger partial charge in [-0.3, -0.25) is 9.98 Å². The molecule has 2 aliphatic rings. The molecule has 2 atom stereocenters. The molecule has 0 aliphatic carbocycles. The van der Waals surface area contributed by atoms with Crippen LogP contribution in [0.1, 0.15) is 0 Å². The molecule has 0 aromatic heterocycles. The molecule has 116 valence electrons. The van der Waals surface area contributed by atoms with Crippen LogP contribution in [0.3, 0.4) is 0 Å². The van der Waals surface area contributed by atoms with Gasteiger partial charge in [0.05, 0.1) is 12.4 Å². The molecule has 0 saturated carbocycles. The van der Waals surface area contributed by atoms with Gasteiger partial charge < -0.3 is 9.47 Å². The first-order valence-electron chi connectivity index (χ1n) is 5.67. The molecule has 0 aromatic carbocycles. The van der Waals surface area contributed by atoms with E-state index in [0.29, 0.717) is 0 Å². The summed E-state index contributed by atoms with van der Waals surface area (Å²) in [5.74, 6) is -1.65. The highest BCUT2D eigenvalue weighted by atomic mass is 35.5. The monoisotopic (exact) mass is 378 g/mol. The van der Waals surface area contributed by atoms with Crippen molar-refractivity contribution < 1.29 is 19.1 Å². The molecule has 0 aromatic rings. The minimum Gasteiger partial charge on any atom is -0.424 e. The Bertz CT molecular complexity index is 568. The number of nitrogens with zero attached hydrogens (tertiary/aromatic N) is 2. The largest absolute Gasteiger partial charge is 0.424 e. The maximum absolute atomic E-state index is 11.6. The summed E-state index contributed by atoms with van der Waals surface area (Å²) in [6, 6.07) is 0. The van der Waals surface area contributed by atoms with E-state index in [1.807, 2.05) is 0 Å². The number of carbonyl (C=O) groups is 2. The van der Waals surface area contributed by atoms with Gasteiger partial charge in [0.1, 0.15) is 0 Å². The molecule has 0 amide bonds. The van der Waals surface area contributed by atoms with E-state index in [1.165, 1.54) is 24.8 Å². The predicted octanol–water partition coefficient (Wildman–Crippen LogP) is 2.99. The number of thioether (sulfide) groups is 2. The Morgan fingerprint density at radius 2 is 1.32 bits per heavy atom. The second-order valence-electron chi connectivity index (χ2n) is 3.70. The molecular formula is C12H8Cl2N2O4S2. The van der Waals surface area contributed by atoms with E-state index < -0.39 is 20.7 Å². The van der Waals surface area contributed by atoms with Gasteiger partial charge in [0.2, 0.25) is 0 Å². The SMILES string of the molecule is O=C(/C=C/C(=O)OC1(Cl)C=NC=CS1)OC1(Cl)C=NC=CS1. The number of esters is 2. The molecule has 22 heavy (non-hydrogen) atoms. The number of carbonyl (C=O) groups excluding carboxylic acids is 2. The van der Waals surface area contributed by atoms with Crippen molar-refractivity contribution in [3.8, 4) is 0 Å². The molecule has 2 unspecified atom stereocenters. The Morgan fingerprint density at radius 1 is 0.909 bits per heavy atom. The molecule has 2 aliphatic heterocycles. The zero-order valence-corrected chi connectivity index (χ0v) is 13.9. The van der Waals surface area contributed by atoms with Crippen LogP contribution in [0.5, 0.6) is 0 Å². The highest BCUT2D eigenvalue weighted by molar-refractivity contribution is 8.05. The lowest BCUT2D eigenvalue weighted by Crippen LogP contribution is -2.27. The summed E-state index contributed by atoms with van der Waals surface area (Å²) in [4.78, 5) is 30.8. The molecular weight excluding hydrogens is 371 g/mol. The van der Waals surface area contributed by atoms with E-state index in [1.54, 1.807) is 10.8 Å². The van der Waals surface area contributed by atoms with Gasteiger partial charge in [-0.2, -0.15) is 0 Å². The minimum absolute atomic E-state index is 0.824. The maximum Gasteiger partial charge on any atom is 0.333 e. The number of halogens is 2. The quantitative estimate of drug-likeness (QED) is 0.425. The Morgan fingerprint density at radius 3 is 1.64 bits per heavy atom. The average molecular weight is 379 g/mol. The molecule has 10 heteroatoms. The van der Waals surface area contributed by atoms with Gasteiger partial charge in [0, 0.05) is 24.6 Å².